The molecule has 38 heavy (non-hydrogen) atoms. The molecule has 1 heterocycles. The summed E-state index contributed by atoms with van der Waals surface area (Å²) in [6, 6.07) is 27.1. The Kier molecular flexibility index (Phi) is 7.04. The third kappa shape index (κ3) is 5.05. The fourth-order valence-corrected chi connectivity index (χ4v) is 4.20. The van der Waals surface area contributed by atoms with Crippen LogP contribution in [0.5, 0.6) is 11.5 Å². The number of aldehydes is 1. The highest BCUT2D eigenvalue weighted by molar-refractivity contribution is 6.09. The number of ketones is 1. The number of benzene rings is 4. The van der Waals surface area contributed by atoms with Crippen LogP contribution < -0.4 is 4.74 Å². The van der Waals surface area contributed by atoms with Crippen LogP contribution in [0.2, 0.25) is 0 Å². The van der Waals surface area contributed by atoms with Crippen LogP contribution in [-0.2, 0) is 11.4 Å². The van der Waals surface area contributed by atoms with Crippen LogP contribution in [0.15, 0.2) is 91.0 Å². The van der Waals surface area contributed by atoms with Crippen molar-refractivity contribution in [1.82, 2.24) is 20.6 Å². The minimum atomic E-state index is -0.454. The molecule has 0 amide bonds. The van der Waals surface area contributed by atoms with Gasteiger partial charge in [0.15, 0.2) is 5.78 Å². The molecule has 0 radical (unpaired) electrons. The summed E-state index contributed by atoms with van der Waals surface area (Å²) >= 11 is 0. The highest BCUT2D eigenvalue weighted by Gasteiger charge is 2.19. The van der Waals surface area contributed by atoms with Gasteiger partial charge >= 0.3 is 0 Å². The Morgan fingerprint density at radius 3 is 2.42 bits per heavy atom. The van der Waals surface area contributed by atoms with Gasteiger partial charge in [-0.05, 0) is 28.5 Å². The number of hydrogen-bond donors (Lipinski definition) is 2. The minimum Gasteiger partial charge on any atom is -0.507 e. The van der Waals surface area contributed by atoms with Gasteiger partial charge in [0, 0.05) is 28.2 Å². The molecule has 4 aromatic carbocycles. The summed E-state index contributed by atoms with van der Waals surface area (Å²) < 4.78 is 6.11. The van der Waals surface area contributed by atoms with Gasteiger partial charge in [-0.25, -0.2) is 0 Å². The number of phenolic OH excluding ortho intramolecular Hbond substituents is 1. The van der Waals surface area contributed by atoms with E-state index in [0.29, 0.717) is 39.4 Å². The molecule has 8 nitrogen and oxygen atoms in total. The number of nitrogens with zero attached hydrogens (tertiary/aromatic N) is 3. The van der Waals surface area contributed by atoms with E-state index in [9.17, 15) is 14.7 Å². The predicted octanol–water partition coefficient (Wildman–Crippen LogP) is 5.35. The Hall–Kier alpha value is -5.11. The standard InChI is InChI=1S/C30H24N4O4/c1-19(17-35)25-14-15-26(27(29(25)37)21-6-3-2-4-7-21)38-18-20-10-12-22(13-11-20)28(36)23-8-5-9-24(16-23)30-31-33-34-32-30/h2-17,19,37H,18H2,1H3,(H,31,32,33,34). The van der Waals surface area contributed by atoms with Crippen LogP contribution >= 0.6 is 0 Å². The molecule has 0 aliphatic rings. The van der Waals surface area contributed by atoms with E-state index in [0.717, 1.165) is 17.4 Å². The molecule has 5 rings (SSSR count). The van der Waals surface area contributed by atoms with E-state index in [1.807, 2.05) is 48.5 Å². The summed E-state index contributed by atoms with van der Waals surface area (Å²) in [6.07, 6.45) is 0.800. The number of aromatic nitrogens is 4. The van der Waals surface area contributed by atoms with E-state index in [4.69, 9.17) is 4.74 Å². The van der Waals surface area contributed by atoms with E-state index < -0.39 is 5.92 Å². The number of phenols is 1. The Morgan fingerprint density at radius 1 is 0.947 bits per heavy atom. The van der Waals surface area contributed by atoms with Crippen molar-refractivity contribution < 1.29 is 19.4 Å². The Balaban J connectivity index is 1.35. The molecule has 5 aromatic rings. The smallest absolute Gasteiger partial charge is 0.204 e. The lowest BCUT2D eigenvalue weighted by atomic mass is 9.94. The van der Waals surface area contributed by atoms with Gasteiger partial charge in [-0.2, -0.15) is 5.21 Å². The molecule has 0 saturated carbocycles. The number of carbonyl (C=O) groups is 2. The van der Waals surface area contributed by atoms with E-state index in [2.05, 4.69) is 20.6 Å². The third-order valence-electron chi connectivity index (χ3n) is 6.27. The largest absolute Gasteiger partial charge is 0.507 e. The predicted molar refractivity (Wildman–Crippen MR) is 142 cm³/mol. The Morgan fingerprint density at radius 2 is 1.71 bits per heavy atom. The fourth-order valence-electron chi connectivity index (χ4n) is 4.20. The third-order valence-corrected chi connectivity index (χ3v) is 6.27. The number of H-pyrrole nitrogens is 1. The lowest BCUT2D eigenvalue weighted by Crippen LogP contribution is -2.03. The molecule has 2 N–H and O–H groups in total. The van der Waals surface area contributed by atoms with Gasteiger partial charge in [-0.1, -0.05) is 85.8 Å². The number of hydrogen-bond acceptors (Lipinski definition) is 7. The van der Waals surface area contributed by atoms with E-state index >= 15 is 0 Å². The topological polar surface area (TPSA) is 118 Å². The van der Waals surface area contributed by atoms with Gasteiger partial charge in [0.05, 0.1) is 5.56 Å². The number of nitrogens with one attached hydrogen (secondary N) is 1. The zero-order valence-electron chi connectivity index (χ0n) is 20.5. The molecule has 1 aromatic heterocycles. The van der Waals surface area contributed by atoms with Crippen LogP contribution in [0.1, 0.15) is 39.9 Å². The Labute approximate surface area is 218 Å². The zero-order chi connectivity index (χ0) is 26.5. The van der Waals surface area contributed by atoms with Crippen LogP contribution in [0.3, 0.4) is 0 Å². The maximum absolute atomic E-state index is 13.1. The summed E-state index contributed by atoms with van der Waals surface area (Å²) in [5.74, 6) is 0.358. The molecular weight excluding hydrogens is 480 g/mol. The number of ether oxygens (including phenoxy) is 1. The number of carbonyl (C=O) groups excluding carboxylic acids is 2. The van der Waals surface area contributed by atoms with Crippen molar-refractivity contribution >= 4 is 12.1 Å². The summed E-state index contributed by atoms with van der Waals surface area (Å²) in [5, 5.41) is 24.9. The van der Waals surface area contributed by atoms with Gasteiger partial charge in [0.25, 0.3) is 0 Å². The summed E-state index contributed by atoms with van der Waals surface area (Å²) in [5.41, 5.74) is 4.45. The van der Waals surface area contributed by atoms with Gasteiger partial charge in [-0.3, -0.25) is 4.79 Å². The van der Waals surface area contributed by atoms with Gasteiger partial charge < -0.3 is 14.6 Å². The molecule has 0 fully saturated rings. The van der Waals surface area contributed by atoms with Crippen molar-refractivity contribution in [3.05, 3.63) is 113 Å². The quantitative estimate of drug-likeness (QED) is 0.205. The van der Waals surface area contributed by atoms with Crippen molar-refractivity contribution in [3.63, 3.8) is 0 Å². The summed E-state index contributed by atoms with van der Waals surface area (Å²) in [6.45, 7) is 1.96. The molecular formula is C30H24N4O4. The van der Waals surface area contributed by atoms with Crippen molar-refractivity contribution in [1.29, 1.82) is 0 Å². The summed E-state index contributed by atoms with van der Waals surface area (Å²) in [4.78, 5) is 24.4. The molecule has 0 aliphatic carbocycles. The summed E-state index contributed by atoms with van der Waals surface area (Å²) in [7, 11) is 0. The molecule has 0 spiro atoms. The first kappa shape index (κ1) is 24.6. The van der Waals surface area contributed by atoms with Crippen molar-refractivity contribution in [3.8, 4) is 34.0 Å². The monoisotopic (exact) mass is 504 g/mol. The van der Waals surface area contributed by atoms with Crippen LogP contribution in [0, 0.1) is 0 Å². The number of tetrazole rings is 1. The van der Waals surface area contributed by atoms with Crippen LogP contribution in [0.25, 0.3) is 22.5 Å². The fraction of sp³-hybridized carbons (Fsp3) is 0.100. The SMILES string of the molecule is CC(C=O)c1ccc(OCc2ccc(C(=O)c3cccc(-c4nn[nH]n4)c3)cc2)c(-c2ccccc2)c1O. The maximum atomic E-state index is 13.1. The first-order chi connectivity index (χ1) is 18.5. The molecule has 0 bridgehead atoms. The van der Waals surface area contributed by atoms with Gasteiger partial charge in [-0.15, -0.1) is 10.2 Å². The molecule has 0 saturated heterocycles. The molecule has 0 aliphatic heterocycles. The van der Waals surface area contributed by atoms with E-state index in [1.54, 1.807) is 49.4 Å². The molecule has 1 unspecified atom stereocenters. The van der Waals surface area contributed by atoms with Crippen LogP contribution in [-0.4, -0.2) is 37.8 Å². The highest BCUT2D eigenvalue weighted by atomic mass is 16.5. The van der Waals surface area contributed by atoms with Gasteiger partial charge in [0.2, 0.25) is 5.82 Å². The molecule has 188 valence electrons. The molecule has 8 heteroatoms. The number of aromatic hydroxyl groups is 1. The van der Waals surface area contributed by atoms with Crippen LogP contribution in [0.4, 0.5) is 0 Å². The first-order valence-corrected chi connectivity index (χ1v) is 12.0. The first-order valence-electron chi connectivity index (χ1n) is 12.0. The lowest BCUT2D eigenvalue weighted by Gasteiger charge is -2.17. The van der Waals surface area contributed by atoms with E-state index in [1.165, 1.54) is 0 Å². The normalized spacial score (nSPS) is 11.6. The maximum Gasteiger partial charge on any atom is 0.204 e. The average Bonchev–Trinajstić information content (AvgIpc) is 3.51. The lowest BCUT2D eigenvalue weighted by molar-refractivity contribution is -0.108. The second-order valence-electron chi connectivity index (χ2n) is 8.80. The van der Waals surface area contributed by atoms with Gasteiger partial charge in [0.1, 0.15) is 24.4 Å². The zero-order valence-corrected chi connectivity index (χ0v) is 20.5. The second kappa shape index (κ2) is 10.9. The van der Waals surface area contributed by atoms with Crippen molar-refractivity contribution in [2.24, 2.45) is 0 Å². The van der Waals surface area contributed by atoms with E-state index in [-0.39, 0.29) is 18.1 Å². The van der Waals surface area contributed by atoms with Crippen molar-refractivity contribution in [2.45, 2.75) is 19.4 Å². The molecule has 1 atom stereocenters. The number of aromatic amines is 1. The highest BCUT2D eigenvalue weighted by Crippen LogP contribution is 2.42. The average molecular weight is 505 g/mol. The minimum absolute atomic E-state index is 0.0253. The Bertz CT molecular complexity index is 1570. The number of rotatable bonds is 9. The van der Waals surface area contributed by atoms with Crippen molar-refractivity contribution in [2.75, 3.05) is 0 Å². The second-order valence-corrected chi connectivity index (χ2v) is 8.80.